The average Bonchev–Trinajstić information content (AvgIpc) is 2.74. The van der Waals surface area contributed by atoms with Gasteiger partial charge in [0, 0.05) is 31.0 Å². The summed E-state index contributed by atoms with van der Waals surface area (Å²) in [5, 5.41) is 15.9. The third-order valence-electron chi connectivity index (χ3n) is 3.44. The fourth-order valence-electron chi connectivity index (χ4n) is 1.84. The summed E-state index contributed by atoms with van der Waals surface area (Å²) < 4.78 is 0. The molecule has 2 amide bonds. The number of carbonyl (C=O) groups excluding carboxylic acids is 1. The zero-order chi connectivity index (χ0) is 15.9. The van der Waals surface area contributed by atoms with Gasteiger partial charge < -0.3 is 15.7 Å². The van der Waals surface area contributed by atoms with Crippen molar-refractivity contribution in [3.8, 4) is 0 Å². The Morgan fingerprint density at radius 3 is 2.52 bits per heavy atom. The molecule has 1 aromatic rings. The minimum absolute atomic E-state index is 0.0707. The Kier molecular flexibility index (Phi) is 7.11. The summed E-state index contributed by atoms with van der Waals surface area (Å²) in [7, 11) is 0. The number of aliphatic hydroxyl groups is 1. The van der Waals surface area contributed by atoms with E-state index in [9.17, 15) is 4.79 Å². The average molecular weight is 313 g/mol. The van der Waals surface area contributed by atoms with Crippen molar-refractivity contribution in [1.29, 1.82) is 0 Å². The fourth-order valence-corrected chi connectivity index (χ4v) is 2.77. The van der Waals surface area contributed by atoms with Crippen LogP contribution in [0.15, 0.2) is 0 Å². The van der Waals surface area contributed by atoms with Crippen LogP contribution in [-0.4, -0.2) is 35.8 Å². The standard InChI is InChI=1S/C15H27N3O2S/c1-11-12(2)21-13(18-11)6-9-17-14(20)16-8-5-7-15(3,4)10-19/h19H,5-10H2,1-4H3,(H2,16,17,20). The van der Waals surface area contributed by atoms with Gasteiger partial charge in [0.15, 0.2) is 0 Å². The van der Waals surface area contributed by atoms with Crippen LogP contribution < -0.4 is 10.6 Å². The maximum absolute atomic E-state index is 11.6. The summed E-state index contributed by atoms with van der Waals surface area (Å²) in [6.07, 6.45) is 2.53. The number of nitrogens with one attached hydrogen (secondary N) is 2. The Hall–Kier alpha value is -1.14. The molecule has 0 aromatic carbocycles. The van der Waals surface area contributed by atoms with Crippen molar-refractivity contribution in [3.05, 3.63) is 15.6 Å². The second-order valence-corrected chi connectivity index (χ2v) is 7.40. The Morgan fingerprint density at radius 1 is 1.29 bits per heavy atom. The van der Waals surface area contributed by atoms with Gasteiger partial charge in [-0.1, -0.05) is 13.8 Å². The lowest BCUT2D eigenvalue weighted by molar-refractivity contribution is 0.148. The van der Waals surface area contributed by atoms with Crippen molar-refractivity contribution in [2.45, 2.75) is 47.0 Å². The highest BCUT2D eigenvalue weighted by atomic mass is 32.1. The minimum Gasteiger partial charge on any atom is -0.396 e. The van der Waals surface area contributed by atoms with Crippen molar-refractivity contribution >= 4 is 17.4 Å². The van der Waals surface area contributed by atoms with Crippen LogP contribution in [0.3, 0.4) is 0 Å². The number of nitrogens with zero attached hydrogens (tertiary/aromatic N) is 1. The molecule has 0 saturated heterocycles. The number of thiazole rings is 1. The van der Waals surface area contributed by atoms with Gasteiger partial charge in [0.25, 0.3) is 0 Å². The van der Waals surface area contributed by atoms with Crippen LogP contribution in [0, 0.1) is 19.3 Å². The van der Waals surface area contributed by atoms with Crippen LogP contribution >= 0.6 is 11.3 Å². The number of carbonyl (C=O) groups is 1. The summed E-state index contributed by atoms with van der Waals surface area (Å²) in [5.74, 6) is 0. The summed E-state index contributed by atoms with van der Waals surface area (Å²) in [5.41, 5.74) is 1.00. The molecule has 21 heavy (non-hydrogen) atoms. The summed E-state index contributed by atoms with van der Waals surface area (Å²) in [4.78, 5) is 17.3. The first-order valence-electron chi connectivity index (χ1n) is 7.39. The van der Waals surface area contributed by atoms with Gasteiger partial charge in [0.05, 0.1) is 10.7 Å². The quantitative estimate of drug-likeness (QED) is 0.645. The zero-order valence-corrected chi connectivity index (χ0v) is 14.3. The first-order chi connectivity index (χ1) is 9.84. The predicted molar refractivity (Wildman–Crippen MR) is 86.8 cm³/mol. The number of urea groups is 1. The van der Waals surface area contributed by atoms with Crippen molar-refractivity contribution in [3.63, 3.8) is 0 Å². The number of hydrogen-bond donors (Lipinski definition) is 3. The van der Waals surface area contributed by atoms with Crippen molar-refractivity contribution in [2.75, 3.05) is 19.7 Å². The Morgan fingerprint density at radius 2 is 1.95 bits per heavy atom. The smallest absolute Gasteiger partial charge is 0.314 e. The van der Waals surface area contributed by atoms with Crippen LogP contribution in [-0.2, 0) is 6.42 Å². The highest BCUT2D eigenvalue weighted by Gasteiger charge is 2.15. The number of aliphatic hydroxyl groups excluding tert-OH is 1. The molecule has 6 heteroatoms. The van der Waals surface area contributed by atoms with Gasteiger partial charge in [-0.25, -0.2) is 9.78 Å². The number of aryl methyl sites for hydroxylation is 2. The summed E-state index contributed by atoms with van der Waals surface area (Å²) >= 11 is 1.69. The summed E-state index contributed by atoms with van der Waals surface area (Å²) in [6.45, 7) is 9.50. The number of rotatable bonds is 8. The number of hydrogen-bond acceptors (Lipinski definition) is 4. The molecule has 0 radical (unpaired) electrons. The molecule has 120 valence electrons. The molecule has 0 unspecified atom stereocenters. The molecule has 0 spiro atoms. The first-order valence-corrected chi connectivity index (χ1v) is 8.21. The molecular weight excluding hydrogens is 286 g/mol. The van der Waals surface area contributed by atoms with Crippen LogP contribution in [0.25, 0.3) is 0 Å². The second kappa shape index (κ2) is 8.34. The second-order valence-electron chi connectivity index (χ2n) is 6.11. The zero-order valence-electron chi connectivity index (χ0n) is 13.5. The van der Waals surface area contributed by atoms with E-state index in [1.807, 2.05) is 20.8 Å². The molecule has 5 nitrogen and oxygen atoms in total. The van der Waals surface area contributed by atoms with Gasteiger partial charge in [0.1, 0.15) is 0 Å². The van der Waals surface area contributed by atoms with Gasteiger partial charge in [-0.3, -0.25) is 0 Å². The lowest BCUT2D eigenvalue weighted by Crippen LogP contribution is -2.37. The van der Waals surface area contributed by atoms with Gasteiger partial charge in [-0.05, 0) is 32.1 Å². The number of aromatic nitrogens is 1. The molecule has 3 N–H and O–H groups in total. The molecule has 0 aliphatic carbocycles. The maximum atomic E-state index is 11.6. The molecule has 1 heterocycles. The highest BCUT2D eigenvalue weighted by molar-refractivity contribution is 7.11. The van der Waals surface area contributed by atoms with Crippen LogP contribution in [0.4, 0.5) is 4.79 Å². The van der Waals surface area contributed by atoms with Crippen LogP contribution in [0.5, 0.6) is 0 Å². The Bertz CT molecular complexity index is 438. The Balaban J connectivity index is 2.11. The minimum atomic E-state index is -0.137. The SMILES string of the molecule is Cc1nc(CCNC(=O)NCCCC(C)(C)CO)sc1C. The van der Waals surface area contributed by atoms with E-state index >= 15 is 0 Å². The summed E-state index contributed by atoms with van der Waals surface area (Å²) in [6, 6.07) is -0.137. The van der Waals surface area contributed by atoms with E-state index in [1.54, 1.807) is 11.3 Å². The molecule has 0 saturated carbocycles. The van der Waals surface area contributed by atoms with E-state index in [4.69, 9.17) is 5.11 Å². The van der Waals surface area contributed by atoms with E-state index in [0.717, 1.165) is 30.0 Å². The highest BCUT2D eigenvalue weighted by Crippen LogP contribution is 2.20. The van der Waals surface area contributed by atoms with Crippen LogP contribution in [0.2, 0.25) is 0 Å². The van der Waals surface area contributed by atoms with Crippen molar-refractivity contribution < 1.29 is 9.90 Å². The van der Waals surface area contributed by atoms with E-state index < -0.39 is 0 Å². The topological polar surface area (TPSA) is 74.2 Å². The van der Waals surface area contributed by atoms with E-state index in [1.165, 1.54) is 4.88 Å². The molecule has 0 atom stereocenters. The third-order valence-corrected chi connectivity index (χ3v) is 4.57. The first kappa shape index (κ1) is 17.9. The molecule has 1 rings (SSSR count). The third kappa shape index (κ3) is 6.91. The predicted octanol–water partition coefficient (Wildman–Crippen LogP) is 2.40. The molecule has 0 aliphatic heterocycles. The largest absolute Gasteiger partial charge is 0.396 e. The van der Waals surface area contributed by atoms with Crippen LogP contribution in [0.1, 0.15) is 42.3 Å². The lowest BCUT2D eigenvalue weighted by atomic mass is 9.89. The molecule has 0 aliphatic rings. The van der Waals surface area contributed by atoms with Gasteiger partial charge in [-0.15, -0.1) is 11.3 Å². The van der Waals surface area contributed by atoms with Gasteiger partial charge in [-0.2, -0.15) is 0 Å². The van der Waals surface area contributed by atoms with Crippen molar-refractivity contribution in [1.82, 2.24) is 15.6 Å². The Labute approximate surface area is 131 Å². The maximum Gasteiger partial charge on any atom is 0.314 e. The molecule has 0 bridgehead atoms. The molecular formula is C15H27N3O2S. The molecule has 1 aromatic heterocycles. The van der Waals surface area contributed by atoms with E-state index in [-0.39, 0.29) is 18.1 Å². The fraction of sp³-hybridized carbons (Fsp3) is 0.733. The van der Waals surface area contributed by atoms with Gasteiger partial charge >= 0.3 is 6.03 Å². The molecule has 0 fully saturated rings. The number of amides is 2. The van der Waals surface area contributed by atoms with E-state index in [0.29, 0.717) is 13.1 Å². The van der Waals surface area contributed by atoms with Gasteiger partial charge in [0.2, 0.25) is 0 Å². The normalized spacial score (nSPS) is 11.5. The van der Waals surface area contributed by atoms with E-state index in [2.05, 4.69) is 22.5 Å². The van der Waals surface area contributed by atoms with Crippen molar-refractivity contribution in [2.24, 2.45) is 5.41 Å². The monoisotopic (exact) mass is 313 g/mol. The lowest BCUT2D eigenvalue weighted by Gasteiger charge is -2.21.